The molecule has 1 fully saturated rings. The number of hydrogen-bond acceptors (Lipinski definition) is 4. The molecular formula is C19H30O4. The molecule has 3 rings (SSSR count). The summed E-state index contributed by atoms with van der Waals surface area (Å²) in [5.41, 5.74) is 1.26. The van der Waals surface area contributed by atoms with Crippen molar-refractivity contribution >= 4 is 0 Å². The molecule has 0 radical (unpaired) electrons. The van der Waals surface area contributed by atoms with E-state index in [1.165, 1.54) is 11.1 Å². The van der Waals surface area contributed by atoms with Gasteiger partial charge in [0.2, 0.25) is 0 Å². The number of hydrogen-bond donors (Lipinski definition) is 2. The lowest BCUT2D eigenvalue weighted by atomic mass is 9.60. The van der Waals surface area contributed by atoms with Crippen LogP contribution in [0.2, 0.25) is 0 Å². The number of allylic oxidation sites excluding steroid dienone is 2. The molecule has 4 nitrogen and oxygen atoms in total. The molecule has 130 valence electrons. The average molecular weight is 322 g/mol. The maximum absolute atomic E-state index is 11.5. The van der Waals surface area contributed by atoms with Gasteiger partial charge in [-0.3, -0.25) is 0 Å². The second kappa shape index (κ2) is 5.91. The van der Waals surface area contributed by atoms with Crippen molar-refractivity contribution in [2.45, 2.75) is 65.1 Å². The van der Waals surface area contributed by atoms with E-state index in [4.69, 9.17) is 9.47 Å². The van der Waals surface area contributed by atoms with E-state index in [0.29, 0.717) is 18.9 Å². The van der Waals surface area contributed by atoms with Gasteiger partial charge in [0.15, 0.2) is 0 Å². The van der Waals surface area contributed by atoms with Crippen molar-refractivity contribution in [2.24, 2.45) is 17.3 Å². The summed E-state index contributed by atoms with van der Waals surface area (Å²) in [6, 6.07) is 0. The number of rotatable bonds is 3. The van der Waals surface area contributed by atoms with Crippen LogP contribution in [-0.2, 0) is 9.47 Å². The largest absolute Gasteiger partial charge is 0.469 e. The van der Waals surface area contributed by atoms with Crippen LogP contribution in [-0.4, -0.2) is 35.1 Å². The van der Waals surface area contributed by atoms with Gasteiger partial charge in [0, 0.05) is 12.5 Å². The zero-order valence-electron chi connectivity index (χ0n) is 14.8. The molecule has 0 spiro atoms. The van der Waals surface area contributed by atoms with Crippen molar-refractivity contribution in [3.05, 3.63) is 23.2 Å². The molecule has 0 aromatic heterocycles. The zero-order chi connectivity index (χ0) is 16.8. The minimum absolute atomic E-state index is 0.0971. The summed E-state index contributed by atoms with van der Waals surface area (Å²) < 4.78 is 11.7. The molecule has 1 saturated heterocycles. The van der Waals surface area contributed by atoms with Gasteiger partial charge in [-0.05, 0) is 70.4 Å². The van der Waals surface area contributed by atoms with E-state index < -0.39 is 5.60 Å². The Labute approximate surface area is 139 Å². The summed E-state index contributed by atoms with van der Waals surface area (Å²) in [7, 11) is 0. The van der Waals surface area contributed by atoms with Crippen LogP contribution >= 0.6 is 0 Å². The maximum atomic E-state index is 11.5. The lowest BCUT2D eigenvalue weighted by molar-refractivity contribution is -0.162. The first kappa shape index (κ1) is 17.0. The third kappa shape index (κ3) is 2.65. The molecule has 2 heterocycles. The lowest BCUT2D eigenvalue weighted by Gasteiger charge is -2.52. The van der Waals surface area contributed by atoms with Gasteiger partial charge in [0.1, 0.15) is 5.76 Å². The van der Waals surface area contributed by atoms with E-state index in [-0.39, 0.29) is 24.0 Å². The van der Waals surface area contributed by atoms with Crippen molar-refractivity contribution in [3.8, 4) is 0 Å². The molecule has 2 N–H and O–H groups in total. The summed E-state index contributed by atoms with van der Waals surface area (Å²) in [6.07, 6.45) is 5.04. The van der Waals surface area contributed by atoms with Crippen molar-refractivity contribution in [1.29, 1.82) is 0 Å². The van der Waals surface area contributed by atoms with Gasteiger partial charge in [-0.25, -0.2) is 0 Å². The van der Waals surface area contributed by atoms with E-state index >= 15 is 0 Å². The van der Waals surface area contributed by atoms with Crippen LogP contribution in [0.15, 0.2) is 23.2 Å². The van der Waals surface area contributed by atoms with E-state index in [1.807, 2.05) is 6.26 Å². The highest BCUT2D eigenvalue weighted by atomic mass is 16.5. The zero-order valence-corrected chi connectivity index (χ0v) is 14.8. The van der Waals surface area contributed by atoms with Crippen LogP contribution in [0, 0.1) is 17.3 Å². The number of aliphatic hydroxyl groups is 2. The minimum Gasteiger partial charge on any atom is -0.469 e. The van der Waals surface area contributed by atoms with Crippen molar-refractivity contribution in [2.75, 3.05) is 13.2 Å². The predicted octanol–water partition coefficient (Wildman–Crippen LogP) is 3.15. The summed E-state index contributed by atoms with van der Waals surface area (Å²) in [5.74, 6) is 1.53. The van der Waals surface area contributed by atoms with Gasteiger partial charge in [-0.1, -0.05) is 0 Å². The Balaban J connectivity index is 1.94. The number of aliphatic hydroxyl groups excluding tert-OH is 1. The molecule has 1 aliphatic carbocycles. The Hall–Kier alpha value is -0.840. The molecule has 0 saturated carbocycles. The maximum Gasteiger partial charge on any atom is 0.111 e. The fourth-order valence-electron chi connectivity index (χ4n) is 4.57. The second-order valence-electron chi connectivity index (χ2n) is 8.10. The SMILES string of the molecule is CC1=C2O/C=C(/C)C(C3COC3CCO)CC(O)(CC1)C2(C)C. The Morgan fingerprint density at radius 2 is 2.04 bits per heavy atom. The van der Waals surface area contributed by atoms with E-state index in [1.54, 1.807) is 0 Å². The molecule has 2 bridgehead atoms. The smallest absolute Gasteiger partial charge is 0.111 e. The first-order chi connectivity index (χ1) is 10.8. The van der Waals surface area contributed by atoms with Crippen LogP contribution in [0.1, 0.15) is 53.4 Å². The molecule has 0 aromatic rings. The van der Waals surface area contributed by atoms with Crippen LogP contribution in [0.3, 0.4) is 0 Å². The predicted molar refractivity (Wildman–Crippen MR) is 88.5 cm³/mol. The molecule has 2 aliphatic heterocycles. The normalized spacial score (nSPS) is 42.0. The number of fused-ring (bicyclic) bond motifs is 2. The standard InChI is InChI=1S/C19H30O4/c1-12-5-7-19(21)9-14(15-11-22-16(15)6-8-20)13(2)10-23-17(12)18(19,3)4/h10,14-16,20-21H,5-9,11H2,1-4H3/b13-10-. The Morgan fingerprint density at radius 3 is 2.65 bits per heavy atom. The second-order valence-corrected chi connectivity index (χ2v) is 8.10. The van der Waals surface area contributed by atoms with E-state index in [9.17, 15) is 10.2 Å². The van der Waals surface area contributed by atoms with E-state index in [0.717, 1.165) is 25.0 Å². The van der Waals surface area contributed by atoms with Crippen LogP contribution in [0.4, 0.5) is 0 Å². The van der Waals surface area contributed by atoms with Gasteiger partial charge in [-0.2, -0.15) is 0 Å². The molecular weight excluding hydrogens is 292 g/mol. The van der Waals surface area contributed by atoms with Gasteiger partial charge >= 0.3 is 0 Å². The first-order valence-electron chi connectivity index (χ1n) is 8.78. The van der Waals surface area contributed by atoms with Crippen LogP contribution in [0.25, 0.3) is 0 Å². The van der Waals surface area contributed by atoms with Gasteiger partial charge in [-0.15, -0.1) is 0 Å². The topological polar surface area (TPSA) is 58.9 Å². The first-order valence-corrected chi connectivity index (χ1v) is 8.78. The molecule has 3 aliphatic rings. The summed E-state index contributed by atoms with van der Waals surface area (Å²) >= 11 is 0. The summed E-state index contributed by atoms with van der Waals surface area (Å²) in [6.45, 7) is 9.24. The summed E-state index contributed by atoms with van der Waals surface area (Å²) in [4.78, 5) is 0. The lowest BCUT2D eigenvalue weighted by Crippen LogP contribution is -2.54. The third-order valence-corrected chi connectivity index (χ3v) is 6.45. The average Bonchev–Trinajstić information content (AvgIpc) is 2.46. The molecule has 23 heavy (non-hydrogen) atoms. The highest BCUT2D eigenvalue weighted by Gasteiger charge is 2.54. The Morgan fingerprint density at radius 1 is 1.30 bits per heavy atom. The van der Waals surface area contributed by atoms with Crippen LogP contribution < -0.4 is 0 Å². The van der Waals surface area contributed by atoms with Crippen molar-refractivity contribution in [3.63, 3.8) is 0 Å². The Kier molecular flexibility index (Phi) is 4.36. The van der Waals surface area contributed by atoms with Crippen LogP contribution in [0.5, 0.6) is 0 Å². The van der Waals surface area contributed by atoms with Gasteiger partial charge in [0.05, 0.1) is 30.0 Å². The van der Waals surface area contributed by atoms with Gasteiger partial charge in [0.25, 0.3) is 0 Å². The van der Waals surface area contributed by atoms with E-state index in [2.05, 4.69) is 27.7 Å². The summed E-state index contributed by atoms with van der Waals surface area (Å²) in [5, 5.41) is 20.7. The number of ether oxygens (including phenoxy) is 2. The molecule has 4 unspecified atom stereocenters. The van der Waals surface area contributed by atoms with Gasteiger partial charge < -0.3 is 19.7 Å². The molecule has 0 aromatic carbocycles. The fraction of sp³-hybridized carbons (Fsp3) is 0.789. The fourth-order valence-corrected chi connectivity index (χ4v) is 4.57. The van der Waals surface area contributed by atoms with Crippen molar-refractivity contribution in [1.82, 2.24) is 0 Å². The molecule has 0 amide bonds. The monoisotopic (exact) mass is 322 g/mol. The molecule has 4 heteroatoms. The highest BCUT2D eigenvalue weighted by Crippen LogP contribution is 2.54. The quantitative estimate of drug-likeness (QED) is 0.838. The minimum atomic E-state index is -0.763. The Bertz CT molecular complexity index is 533. The molecule has 4 atom stereocenters. The highest BCUT2D eigenvalue weighted by molar-refractivity contribution is 5.27. The third-order valence-electron chi connectivity index (χ3n) is 6.45. The van der Waals surface area contributed by atoms with Crippen molar-refractivity contribution < 1.29 is 19.7 Å².